The molecule has 0 bridgehead atoms. The van der Waals surface area contributed by atoms with E-state index in [0.29, 0.717) is 22.8 Å². The number of nitro benzene ring substituents is 1. The van der Waals surface area contributed by atoms with E-state index in [1.165, 1.54) is 24.3 Å². The van der Waals surface area contributed by atoms with Crippen molar-refractivity contribution in [3.05, 3.63) is 76.4 Å². The number of hydrogen-bond donors (Lipinski definition) is 0. The van der Waals surface area contributed by atoms with Gasteiger partial charge in [0.15, 0.2) is 6.61 Å². The van der Waals surface area contributed by atoms with Crippen LogP contribution in [-0.2, 0) is 6.61 Å². The Morgan fingerprint density at radius 3 is 2.54 bits per heavy atom. The van der Waals surface area contributed by atoms with Gasteiger partial charge in [0, 0.05) is 17.7 Å². The predicted molar refractivity (Wildman–Crippen MR) is 97.4 cm³/mol. The molecule has 0 aliphatic rings. The third kappa shape index (κ3) is 3.45. The lowest BCUT2D eigenvalue weighted by Crippen LogP contribution is -1.96. The van der Waals surface area contributed by atoms with Crippen molar-refractivity contribution >= 4 is 5.69 Å². The Hall–Kier alpha value is -4.01. The standard InChI is InChI=1S/C19H14N4O5/c1-12-17(18(22-28-12)13-5-3-2-4-6-13)19-21-20-16(27-19)11-26-15-9-7-14(8-10-15)23(24)25/h2-10H,11H2,1H3. The van der Waals surface area contributed by atoms with Crippen molar-refractivity contribution < 1.29 is 18.6 Å². The molecule has 0 spiro atoms. The van der Waals surface area contributed by atoms with E-state index >= 15 is 0 Å². The van der Waals surface area contributed by atoms with E-state index in [0.717, 1.165) is 5.56 Å². The summed E-state index contributed by atoms with van der Waals surface area (Å²) in [5.41, 5.74) is 2.10. The van der Waals surface area contributed by atoms with Crippen molar-refractivity contribution in [2.45, 2.75) is 13.5 Å². The van der Waals surface area contributed by atoms with Crippen LogP contribution < -0.4 is 4.74 Å². The number of nitro groups is 1. The van der Waals surface area contributed by atoms with Crippen LogP contribution in [0.4, 0.5) is 5.69 Å². The molecule has 0 atom stereocenters. The maximum Gasteiger partial charge on any atom is 0.269 e. The van der Waals surface area contributed by atoms with Crippen LogP contribution in [0, 0.1) is 17.0 Å². The number of hydrogen-bond acceptors (Lipinski definition) is 8. The van der Waals surface area contributed by atoms with E-state index < -0.39 is 4.92 Å². The molecule has 0 N–H and O–H groups in total. The van der Waals surface area contributed by atoms with Crippen LogP contribution in [0.3, 0.4) is 0 Å². The third-order valence-corrected chi connectivity index (χ3v) is 4.00. The normalized spacial score (nSPS) is 10.8. The fourth-order valence-corrected chi connectivity index (χ4v) is 2.64. The van der Waals surface area contributed by atoms with Gasteiger partial charge in [-0.25, -0.2) is 0 Å². The molecule has 2 aromatic carbocycles. The molecule has 0 saturated carbocycles. The SMILES string of the molecule is Cc1onc(-c2ccccc2)c1-c1nnc(COc2ccc([N+](=O)[O-])cc2)o1. The highest BCUT2D eigenvalue weighted by atomic mass is 16.6. The van der Waals surface area contributed by atoms with Crippen LogP contribution in [0.25, 0.3) is 22.7 Å². The number of ether oxygens (including phenoxy) is 1. The molecule has 140 valence electrons. The summed E-state index contributed by atoms with van der Waals surface area (Å²) < 4.78 is 16.6. The molecule has 2 aromatic heterocycles. The van der Waals surface area contributed by atoms with Gasteiger partial charge in [-0.1, -0.05) is 35.5 Å². The second-order valence-electron chi connectivity index (χ2n) is 5.87. The Bertz CT molecular complexity index is 1100. The molecule has 0 unspecified atom stereocenters. The minimum absolute atomic E-state index is 0.0104. The molecule has 0 fully saturated rings. The molecule has 28 heavy (non-hydrogen) atoms. The molecule has 9 nitrogen and oxygen atoms in total. The molecule has 4 rings (SSSR count). The number of benzene rings is 2. The van der Waals surface area contributed by atoms with Gasteiger partial charge in [-0.05, 0) is 19.1 Å². The van der Waals surface area contributed by atoms with Crippen LogP contribution >= 0.6 is 0 Å². The first-order valence-electron chi connectivity index (χ1n) is 8.33. The van der Waals surface area contributed by atoms with Crippen LogP contribution in [0.1, 0.15) is 11.7 Å². The van der Waals surface area contributed by atoms with Gasteiger partial charge in [0.05, 0.1) is 4.92 Å². The molecular weight excluding hydrogens is 364 g/mol. The number of aryl methyl sites for hydroxylation is 1. The second kappa shape index (κ2) is 7.31. The van der Waals surface area contributed by atoms with Crippen molar-refractivity contribution in [3.63, 3.8) is 0 Å². The van der Waals surface area contributed by atoms with Crippen molar-refractivity contribution in [1.29, 1.82) is 0 Å². The van der Waals surface area contributed by atoms with Crippen LogP contribution in [-0.4, -0.2) is 20.3 Å². The molecular formula is C19H14N4O5. The molecule has 0 radical (unpaired) electrons. The first-order chi connectivity index (χ1) is 13.6. The van der Waals surface area contributed by atoms with Gasteiger partial charge in [0.1, 0.15) is 22.8 Å². The topological polar surface area (TPSA) is 117 Å². The number of non-ortho nitro benzene ring substituents is 1. The highest BCUT2D eigenvalue weighted by Crippen LogP contribution is 2.33. The summed E-state index contributed by atoms with van der Waals surface area (Å²) in [6.07, 6.45) is 0. The summed E-state index contributed by atoms with van der Waals surface area (Å²) in [6, 6.07) is 15.3. The van der Waals surface area contributed by atoms with E-state index in [9.17, 15) is 10.1 Å². The second-order valence-corrected chi connectivity index (χ2v) is 5.87. The number of rotatable bonds is 6. The number of nitrogens with zero attached hydrogens (tertiary/aromatic N) is 4. The minimum atomic E-state index is -0.473. The van der Waals surface area contributed by atoms with Crippen molar-refractivity contribution in [1.82, 2.24) is 15.4 Å². The van der Waals surface area contributed by atoms with Gasteiger partial charge in [-0.2, -0.15) is 0 Å². The lowest BCUT2D eigenvalue weighted by molar-refractivity contribution is -0.384. The van der Waals surface area contributed by atoms with E-state index in [-0.39, 0.29) is 24.1 Å². The zero-order valence-electron chi connectivity index (χ0n) is 14.7. The van der Waals surface area contributed by atoms with Crippen molar-refractivity contribution in [3.8, 4) is 28.5 Å². The monoisotopic (exact) mass is 378 g/mol. The lowest BCUT2D eigenvalue weighted by atomic mass is 10.1. The summed E-state index contributed by atoms with van der Waals surface area (Å²) in [4.78, 5) is 10.2. The fourth-order valence-electron chi connectivity index (χ4n) is 2.64. The molecule has 0 aliphatic carbocycles. The van der Waals surface area contributed by atoms with Crippen LogP contribution in [0.2, 0.25) is 0 Å². The fraction of sp³-hybridized carbons (Fsp3) is 0.105. The van der Waals surface area contributed by atoms with Gasteiger partial charge < -0.3 is 13.7 Å². The molecule has 4 aromatic rings. The van der Waals surface area contributed by atoms with Crippen molar-refractivity contribution in [2.75, 3.05) is 0 Å². The molecule has 2 heterocycles. The van der Waals surface area contributed by atoms with E-state index in [4.69, 9.17) is 13.7 Å². The van der Waals surface area contributed by atoms with Gasteiger partial charge in [-0.15, -0.1) is 10.2 Å². The number of aromatic nitrogens is 3. The average molecular weight is 378 g/mol. The predicted octanol–water partition coefficient (Wildman–Crippen LogP) is 4.19. The zero-order valence-corrected chi connectivity index (χ0v) is 14.7. The maximum absolute atomic E-state index is 10.7. The van der Waals surface area contributed by atoms with E-state index in [2.05, 4.69) is 15.4 Å². The lowest BCUT2D eigenvalue weighted by Gasteiger charge is -2.02. The Labute approximate surface area is 158 Å². The minimum Gasteiger partial charge on any atom is -0.484 e. The van der Waals surface area contributed by atoms with Crippen molar-refractivity contribution in [2.24, 2.45) is 0 Å². The molecule has 0 aliphatic heterocycles. The summed E-state index contributed by atoms with van der Waals surface area (Å²) in [6.45, 7) is 1.79. The van der Waals surface area contributed by atoms with Crippen LogP contribution in [0.15, 0.2) is 63.5 Å². The van der Waals surface area contributed by atoms with Crippen LogP contribution in [0.5, 0.6) is 5.75 Å². The first-order valence-corrected chi connectivity index (χ1v) is 8.33. The summed E-state index contributed by atoms with van der Waals surface area (Å²) in [5, 5.41) is 22.8. The Balaban J connectivity index is 1.52. The van der Waals surface area contributed by atoms with E-state index in [1.807, 2.05) is 30.3 Å². The summed E-state index contributed by atoms with van der Waals surface area (Å²) >= 11 is 0. The van der Waals surface area contributed by atoms with Gasteiger partial charge in [-0.3, -0.25) is 10.1 Å². The Kier molecular flexibility index (Phi) is 4.55. The summed E-state index contributed by atoms with van der Waals surface area (Å²) in [5.74, 6) is 1.55. The maximum atomic E-state index is 10.7. The third-order valence-electron chi connectivity index (χ3n) is 4.00. The molecule has 0 saturated heterocycles. The van der Waals surface area contributed by atoms with E-state index in [1.54, 1.807) is 6.92 Å². The quantitative estimate of drug-likeness (QED) is 0.362. The van der Waals surface area contributed by atoms with Gasteiger partial charge in [0.2, 0.25) is 0 Å². The van der Waals surface area contributed by atoms with Gasteiger partial charge >= 0.3 is 0 Å². The highest BCUT2D eigenvalue weighted by molar-refractivity contribution is 5.77. The highest BCUT2D eigenvalue weighted by Gasteiger charge is 2.22. The first kappa shape index (κ1) is 17.4. The molecule has 0 amide bonds. The smallest absolute Gasteiger partial charge is 0.269 e. The Morgan fingerprint density at radius 2 is 1.82 bits per heavy atom. The average Bonchev–Trinajstić information content (AvgIpc) is 3.33. The summed E-state index contributed by atoms with van der Waals surface area (Å²) in [7, 11) is 0. The van der Waals surface area contributed by atoms with Gasteiger partial charge in [0.25, 0.3) is 17.5 Å². The largest absolute Gasteiger partial charge is 0.484 e. The zero-order chi connectivity index (χ0) is 19.5. The molecule has 9 heteroatoms. The Morgan fingerprint density at radius 1 is 1.07 bits per heavy atom.